The van der Waals surface area contributed by atoms with Gasteiger partial charge in [-0.1, -0.05) is 5.16 Å². The fraction of sp³-hybridized carbons (Fsp3) is 0.412. The number of amides is 1. The molecular weight excluding hydrogens is 326 g/mol. The molecule has 2 N–H and O–H groups in total. The fourth-order valence-corrected chi connectivity index (χ4v) is 3.08. The van der Waals surface area contributed by atoms with Gasteiger partial charge in [0.05, 0.1) is 26.9 Å². The monoisotopic (exact) mass is 347 g/mol. The molecule has 134 valence electrons. The Balaban J connectivity index is 1.75. The molecule has 1 atom stereocenters. The molecule has 1 aromatic carbocycles. The van der Waals surface area contributed by atoms with Crippen molar-refractivity contribution >= 4 is 11.7 Å². The van der Waals surface area contributed by atoms with Crippen LogP contribution in [0.15, 0.2) is 22.7 Å². The molecule has 0 aliphatic carbocycles. The number of aryl methyl sites for hydroxylation is 1. The molecule has 8 heteroatoms. The number of ether oxygens (including phenoxy) is 2. The number of β-amino-alcohol motifs (C(OH)–C–C–N with tert-alkyl or cyclic N) is 1. The van der Waals surface area contributed by atoms with Gasteiger partial charge in [-0.3, -0.25) is 9.69 Å². The zero-order valence-corrected chi connectivity index (χ0v) is 14.4. The third-order valence-electron chi connectivity index (χ3n) is 4.12. The first-order chi connectivity index (χ1) is 12.0. The summed E-state index contributed by atoms with van der Waals surface area (Å²) in [5.41, 5.74) is 1.54. The maximum atomic E-state index is 12.2. The van der Waals surface area contributed by atoms with Crippen molar-refractivity contribution in [1.82, 2.24) is 10.1 Å². The molecule has 1 aliphatic rings. The second-order valence-corrected chi connectivity index (χ2v) is 5.92. The van der Waals surface area contributed by atoms with Crippen LogP contribution in [-0.2, 0) is 11.3 Å². The number of nitrogens with zero attached hydrogens (tertiary/aromatic N) is 2. The van der Waals surface area contributed by atoms with Crippen LogP contribution >= 0.6 is 0 Å². The maximum Gasteiger partial charge on any atom is 0.239 e. The Morgan fingerprint density at radius 2 is 2.12 bits per heavy atom. The lowest BCUT2D eigenvalue weighted by Gasteiger charge is -2.33. The largest absolute Gasteiger partial charge is 0.496 e. The SMILES string of the molecule is COc1ccc(OC)c2c1CN(CC(=O)Nc1cc(C)on1)CC2O. The Morgan fingerprint density at radius 1 is 1.40 bits per heavy atom. The van der Waals surface area contributed by atoms with Crippen molar-refractivity contribution in [2.75, 3.05) is 32.6 Å². The van der Waals surface area contributed by atoms with Crippen molar-refractivity contribution in [2.45, 2.75) is 19.6 Å². The smallest absolute Gasteiger partial charge is 0.239 e. The summed E-state index contributed by atoms with van der Waals surface area (Å²) >= 11 is 0. The summed E-state index contributed by atoms with van der Waals surface area (Å²) in [6.45, 7) is 2.66. The van der Waals surface area contributed by atoms with Crippen molar-refractivity contribution in [3.8, 4) is 11.5 Å². The summed E-state index contributed by atoms with van der Waals surface area (Å²) < 4.78 is 15.7. The van der Waals surface area contributed by atoms with Gasteiger partial charge in [0.15, 0.2) is 5.82 Å². The molecule has 0 saturated carbocycles. The molecule has 0 fully saturated rings. The van der Waals surface area contributed by atoms with Gasteiger partial charge in [-0.2, -0.15) is 0 Å². The minimum atomic E-state index is -0.768. The predicted molar refractivity (Wildman–Crippen MR) is 89.7 cm³/mol. The zero-order valence-electron chi connectivity index (χ0n) is 14.4. The molecule has 3 rings (SSSR count). The van der Waals surface area contributed by atoms with E-state index in [0.29, 0.717) is 41.7 Å². The highest BCUT2D eigenvalue weighted by molar-refractivity contribution is 5.91. The molecule has 1 aromatic heterocycles. The Bertz CT molecular complexity index is 774. The number of anilines is 1. The van der Waals surface area contributed by atoms with E-state index >= 15 is 0 Å². The van der Waals surface area contributed by atoms with Crippen molar-refractivity contribution in [1.29, 1.82) is 0 Å². The van der Waals surface area contributed by atoms with Gasteiger partial charge in [-0.25, -0.2) is 0 Å². The van der Waals surface area contributed by atoms with Crippen LogP contribution in [0.3, 0.4) is 0 Å². The van der Waals surface area contributed by atoms with E-state index in [1.54, 1.807) is 39.3 Å². The van der Waals surface area contributed by atoms with Crippen molar-refractivity contribution < 1.29 is 23.9 Å². The van der Waals surface area contributed by atoms with E-state index in [-0.39, 0.29) is 12.5 Å². The van der Waals surface area contributed by atoms with Crippen molar-refractivity contribution in [2.24, 2.45) is 0 Å². The van der Waals surface area contributed by atoms with Gasteiger partial charge in [0.1, 0.15) is 17.3 Å². The summed E-state index contributed by atoms with van der Waals surface area (Å²) in [6, 6.07) is 5.22. The summed E-state index contributed by atoms with van der Waals surface area (Å²) in [5.74, 6) is 2.04. The minimum absolute atomic E-state index is 0.114. The standard InChI is InChI=1S/C17H21N3O5/c1-10-6-15(19-25-10)18-16(22)9-20-7-11-13(23-2)4-5-14(24-3)17(11)12(21)8-20/h4-6,12,21H,7-9H2,1-3H3,(H,18,19,22). The van der Waals surface area contributed by atoms with Crippen LogP contribution in [0.5, 0.6) is 11.5 Å². The first kappa shape index (κ1) is 17.2. The summed E-state index contributed by atoms with van der Waals surface area (Å²) in [7, 11) is 3.14. The molecule has 0 saturated heterocycles. The molecule has 8 nitrogen and oxygen atoms in total. The molecule has 1 aliphatic heterocycles. The fourth-order valence-electron chi connectivity index (χ4n) is 3.08. The maximum absolute atomic E-state index is 12.2. The number of fused-ring (bicyclic) bond motifs is 1. The van der Waals surface area contributed by atoms with Crippen LogP contribution in [0.1, 0.15) is 23.0 Å². The number of hydrogen-bond acceptors (Lipinski definition) is 7. The number of aromatic nitrogens is 1. The van der Waals surface area contributed by atoms with E-state index in [4.69, 9.17) is 14.0 Å². The Labute approximate surface area is 145 Å². The highest BCUT2D eigenvalue weighted by Gasteiger charge is 2.30. The Morgan fingerprint density at radius 3 is 2.76 bits per heavy atom. The third kappa shape index (κ3) is 3.59. The van der Waals surface area contributed by atoms with E-state index < -0.39 is 6.10 Å². The van der Waals surface area contributed by atoms with Gasteiger partial charge >= 0.3 is 0 Å². The normalized spacial score (nSPS) is 17.0. The van der Waals surface area contributed by atoms with Gasteiger partial charge in [0.2, 0.25) is 5.91 Å². The zero-order chi connectivity index (χ0) is 18.0. The molecule has 1 amide bonds. The Hall–Kier alpha value is -2.58. The number of benzene rings is 1. The summed E-state index contributed by atoms with van der Waals surface area (Å²) in [4.78, 5) is 14.1. The number of nitrogens with one attached hydrogen (secondary N) is 1. The third-order valence-corrected chi connectivity index (χ3v) is 4.12. The summed E-state index contributed by atoms with van der Waals surface area (Å²) in [5, 5.41) is 16.9. The van der Waals surface area contributed by atoms with Crippen molar-refractivity contribution in [3.05, 3.63) is 35.1 Å². The average Bonchev–Trinajstić information content (AvgIpc) is 2.98. The number of rotatable bonds is 5. The van der Waals surface area contributed by atoms with E-state index in [9.17, 15) is 9.90 Å². The molecule has 25 heavy (non-hydrogen) atoms. The van der Waals surface area contributed by atoms with Crippen LogP contribution in [-0.4, -0.2) is 48.4 Å². The van der Waals surface area contributed by atoms with E-state index in [1.165, 1.54) is 0 Å². The van der Waals surface area contributed by atoms with Crippen LogP contribution in [0, 0.1) is 6.92 Å². The lowest BCUT2D eigenvalue weighted by Crippen LogP contribution is -2.39. The first-order valence-corrected chi connectivity index (χ1v) is 7.89. The quantitative estimate of drug-likeness (QED) is 0.846. The van der Waals surface area contributed by atoms with Gasteiger partial charge < -0.3 is 24.4 Å². The molecule has 2 heterocycles. The highest BCUT2D eigenvalue weighted by Crippen LogP contribution is 2.39. The number of aliphatic hydroxyl groups excluding tert-OH is 1. The number of aliphatic hydroxyl groups is 1. The predicted octanol–water partition coefficient (Wildman–Crippen LogP) is 1.49. The van der Waals surface area contributed by atoms with E-state index in [1.807, 2.05) is 4.90 Å². The van der Waals surface area contributed by atoms with E-state index in [2.05, 4.69) is 10.5 Å². The number of carbonyl (C=O) groups excluding carboxylic acids is 1. The van der Waals surface area contributed by atoms with Gasteiger partial charge in [0.25, 0.3) is 0 Å². The highest BCUT2D eigenvalue weighted by atomic mass is 16.5. The number of carbonyl (C=O) groups is 1. The minimum Gasteiger partial charge on any atom is -0.496 e. The Kier molecular flexibility index (Phi) is 4.91. The molecular formula is C17H21N3O5. The second kappa shape index (κ2) is 7.12. The van der Waals surface area contributed by atoms with Gasteiger partial charge in [-0.15, -0.1) is 0 Å². The lowest BCUT2D eigenvalue weighted by atomic mass is 9.95. The van der Waals surface area contributed by atoms with Crippen LogP contribution in [0.2, 0.25) is 0 Å². The second-order valence-electron chi connectivity index (χ2n) is 5.92. The van der Waals surface area contributed by atoms with Gasteiger partial charge in [0, 0.05) is 30.3 Å². The lowest BCUT2D eigenvalue weighted by molar-refractivity contribution is -0.118. The van der Waals surface area contributed by atoms with Crippen LogP contribution in [0.4, 0.5) is 5.82 Å². The molecule has 2 aromatic rings. The molecule has 1 unspecified atom stereocenters. The first-order valence-electron chi connectivity index (χ1n) is 7.89. The van der Waals surface area contributed by atoms with Gasteiger partial charge in [-0.05, 0) is 19.1 Å². The van der Waals surface area contributed by atoms with Crippen LogP contribution < -0.4 is 14.8 Å². The molecule has 0 spiro atoms. The molecule has 0 bridgehead atoms. The van der Waals surface area contributed by atoms with Crippen LogP contribution in [0.25, 0.3) is 0 Å². The number of methoxy groups -OCH3 is 2. The van der Waals surface area contributed by atoms with E-state index in [0.717, 1.165) is 5.56 Å². The molecule has 0 radical (unpaired) electrons. The summed E-state index contributed by atoms with van der Waals surface area (Å²) in [6.07, 6.45) is -0.768. The topological polar surface area (TPSA) is 97.1 Å². The van der Waals surface area contributed by atoms with Crippen molar-refractivity contribution in [3.63, 3.8) is 0 Å². The average molecular weight is 347 g/mol. The number of hydrogen-bond donors (Lipinski definition) is 2.